The molecule has 0 radical (unpaired) electrons. The van der Waals surface area contributed by atoms with Crippen LogP contribution in [-0.4, -0.2) is 53.7 Å². The average Bonchev–Trinajstić information content (AvgIpc) is 3.23. The fraction of sp³-hybridized carbons (Fsp3) is 0.760. The zero-order valence-electron chi connectivity index (χ0n) is 23.2. The smallest absolute Gasteiger partial charge is 0.330 e. The molecule has 8 atom stereocenters. The number of hydrogen-bond donors (Lipinski definition) is 1. The van der Waals surface area contributed by atoms with Crippen molar-refractivity contribution in [3.8, 4) is 0 Å². The van der Waals surface area contributed by atoms with Gasteiger partial charge in [-0.3, -0.25) is 14.3 Å². The molecule has 3 fully saturated rings. The van der Waals surface area contributed by atoms with E-state index < -0.39 is 49.9 Å². The highest BCUT2D eigenvalue weighted by Crippen LogP contribution is 2.76. The number of fused-ring (bicyclic) bond motifs is 1. The second kappa shape index (κ2) is 10.7. The summed E-state index contributed by atoms with van der Waals surface area (Å²) in [6.45, 7) is 19.0. The first-order valence-electron chi connectivity index (χ1n) is 13.0. The summed E-state index contributed by atoms with van der Waals surface area (Å²) in [5.41, 5.74) is -3.14. The van der Waals surface area contributed by atoms with Gasteiger partial charge in [0.2, 0.25) is 5.69 Å². The lowest BCUT2D eigenvalue weighted by Gasteiger charge is -2.37. The minimum atomic E-state index is -2.95. The number of aromatic nitrogens is 2. The number of alkyl halides is 1. The number of aromatic amines is 1. The molecule has 1 unspecified atom stereocenters. The molecule has 214 valence electrons. The molecular formula is C25H40FN2O6PS2Si. The Morgan fingerprint density at radius 1 is 1.42 bits per heavy atom. The maximum atomic E-state index is 16.1. The van der Waals surface area contributed by atoms with Gasteiger partial charge in [0.25, 0.3) is 5.56 Å². The van der Waals surface area contributed by atoms with Gasteiger partial charge in [0.15, 0.2) is 20.7 Å². The second-order valence-corrected chi connectivity index (χ2v) is 23.8. The van der Waals surface area contributed by atoms with Crippen molar-refractivity contribution >= 4 is 37.2 Å². The Morgan fingerprint density at radius 3 is 2.71 bits per heavy atom. The highest BCUT2D eigenvalue weighted by molar-refractivity contribution is 8.68. The van der Waals surface area contributed by atoms with Gasteiger partial charge in [-0.15, -0.1) is 0 Å². The number of rotatable bonds is 7. The molecule has 0 amide bonds. The summed E-state index contributed by atoms with van der Waals surface area (Å²) in [5, 5.41) is -0.0624. The zero-order chi connectivity index (χ0) is 28.3. The summed E-state index contributed by atoms with van der Waals surface area (Å²) >= 11 is 7.47. The van der Waals surface area contributed by atoms with Crippen LogP contribution < -0.4 is 11.2 Å². The Balaban J connectivity index is 1.59. The van der Waals surface area contributed by atoms with Crippen LogP contribution >= 0.6 is 17.1 Å². The molecule has 13 heteroatoms. The number of nitrogens with zero attached hydrogens (tertiary/aromatic N) is 1. The molecule has 1 aromatic rings. The Bertz CT molecular complexity index is 1240. The van der Waals surface area contributed by atoms with E-state index in [4.69, 9.17) is 30.0 Å². The van der Waals surface area contributed by atoms with Crippen molar-refractivity contribution in [1.29, 1.82) is 0 Å². The van der Waals surface area contributed by atoms with Crippen LogP contribution in [0.2, 0.25) is 18.1 Å². The first-order chi connectivity index (χ1) is 17.4. The van der Waals surface area contributed by atoms with E-state index in [0.29, 0.717) is 5.92 Å². The SMILES string of the molecule is C=C(C)[C@H]1CC[C@@]2(C)SP(=S)(O[C@H]3[C@@H](F)[C@H](n4ccc(=O)[nH]c4=O)O[C@@H]3CO[Si](C)(C)C(C)(C)C)O[C@@H]2C1. The molecule has 4 rings (SSSR count). The summed E-state index contributed by atoms with van der Waals surface area (Å²) in [7, 11) is -2.20. The maximum absolute atomic E-state index is 16.1. The summed E-state index contributed by atoms with van der Waals surface area (Å²) < 4.78 is 42.3. The molecule has 1 saturated carbocycles. The second-order valence-electron chi connectivity index (χ2n) is 12.4. The fourth-order valence-electron chi connectivity index (χ4n) is 4.89. The number of halogens is 1. The highest BCUT2D eigenvalue weighted by atomic mass is 32.9. The van der Waals surface area contributed by atoms with Crippen LogP contribution in [0.15, 0.2) is 34.0 Å². The summed E-state index contributed by atoms with van der Waals surface area (Å²) in [6.07, 6.45) is -1.07. The number of ether oxygens (including phenoxy) is 1. The van der Waals surface area contributed by atoms with Crippen LogP contribution in [0.5, 0.6) is 0 Å². The van der Waals surface area contributed by atoms with Gasteiger partial charge < -0.3 is 18.2 Å². The molecule has 1 aliphatic carbocycles. The Morgan fingerprint density at radius 2 is 2.11 bits per heavy atom. The summed E-state index contributed by atoms with van der Waals surface area (Å²) in [4.78, 5) is 26.2. The maximum Gasteiger partial charge on any atom is 0.330 e. The molecule has 2 saturated heterocycles. The van der Waals surface area contributed by atoms with Crippen molar-refractivity contribution in [2.75, 3.05) is 6.61 Å². The van der Waals surface area contributed by atoms with Crippen LogP contribution in [-0.2, 0) is 30.0 Å². The van der Waals surface area contributed by atoms with Crippen LogP contribution in [0, 0.1) is 5.92 Å². The molecule has 0 aromatic carbocycles. The normalized spacial score (nSPS) is 37.8. The molecule has 2 aliphatic heterocycles. The van der Waals surface area contributed by atoms with E-state index >= 15 is 4.39 Å². The van der Waals surface area contributed by atoms with E-state index in [0.717, 1.165) is 35.5 Å². The van der Waals surface area contributed by atoms with Crippen molar-refractivity contribution in [3.63, 3.8) is 0 Å². The Labute approximate surface area is 234 Å². The number of hydrogen-bond acceptors (Lipinski definition) is 8. The summed E-state index contributed by atoms with van der Waals surface area (Å²) in [5.74, 6) is 0.362. The molecule has 0 spiro atoms. The molecule has 1 N–H and O–H groups in total. The molecule has 38 heavy (non-hydrogen) atoms. The molecule has 3 aliphatic rings. The molecule has 8 nitrogen and oxygen atoms in total. The van der Waals surface area contributed by atoms with Crippen molar-refractivity contribution < 1.29 is 22.6 Å². The van der Waals surface area contributed by atoms with Gasteiger partial charge in [-0.2, -0.15) is 0 Å². The molecular weight excluding hydrogens is 566 g/mol. The van der Waals surface area contributed by atoms with E-state index in [1.54, 1.807) is 0 Å². The average molecular weight is 607 g/mol. The van der Waals surface area contributed by atoms with Crippen LogP contribution in [0.25, 0.3) is 0 Å². The van der Waals surface area contributed by atoms with Crippen LogP contribution in [0.1, 0.15) is 60.1 Å². The molecule has 3 heterocycles. The first-order valence-corrected chi connectivity index (χ1v) is 20.0. The predicted octanol–water partition coefficient (Wildman–Crippen LogP) is 5.67. The number of allylic oxidation sites excluding steroid dienone is 1. The van der Waals surface area contributed by atoms with Gasteiger partial charge in [0.05, 0.1) is 12.7 Å². The monoisotopic (exact) mass is 606 g/mol. The van der Waals surface area contributed by atoms with E-state index in [2.05, 4.69) is 52.4 Å². The predicted molar refractivity (Wildman–Crippen MR) is 155 cm³/mol. The lowest BCUT2D eigenvalue weighted by atomic mass is 9.77. The topological polar surface area (TPSA) is 91.8 Å². The lowest BCUT2D eigenvalue weighted by molar-refractivity contribution is -0.0448. The van der Waals surface area contributed by atoms with Crippen LogP contribution in [0.4, 0.5) is 4.39 Å². The van der Waals surface area contributed by atoms with E-state index in [9.17, 15) is 9.59 Å². The Kier molecular flexibility index (Phi) is 8.53. The third-order valence-electron chi connectivity index (χ3n) is 8.50. The highest BCUT2D eigenvalue weighted by Gasteiger charge is 2.57. The van der Waals surface area contributed by atoms with Crippen molar-refractivity contribution in [3.05, 3.63) is 45.3 Å². The third kappa shape index (κ3) is 6.03. The van der Waals surface area contributed by atoms with Crippen molar-refractivity contribution in [2.45, 2.75) is 107 Å². The lowest BCUT2D eigenvalue weighted by Crippen LogP contribution is -2.44. The van der Waals surface area contributed by atoms with Gasteiger partial charge in [0.1, 0.15) is 12.2 Å². The van der Waals surface area contributed by atoms with Gasteiger partial charge in [0, 0.05) is 17.0 Å². The molecule has 1 aromatic heterocycles. The minimum absolute atomic E-state index is 0.0624. The minimum Gasteiger partial charge on any atom is -0.414 e. The van der Waals surface area contributed by atoms with E-state index in [-0.39, 0.29) is 22.5 Å². The number of H-pyrrole nitrogens is 1. The van der Waals surface area contributed by atoms with Gasteiger partial charge >= 0.3 is 5.69 Å². The van der Waals surface area contributed by atoms with E-state index in [1.165, 1.54) is 17.6 Å². The van der Waals surface area contributed by atoms with Gasteiger partial charge in [-0.1, -0.05) is 44.3 Å². The van der Waals surface area contributed by atoms with Gasteiger partial charge in [-0.25, -0.2) is 9.18 Å². The van der Waals surface area contributed by atoms with E-state index in [1.807, 2.05) is 6.92 Å². The zero-order valence-corrected chi connectivity index (χ0v) is 26.7. The Hall–Kier alpha value is -0.593. The van der Waals surface area contributed by atoms with Crippen LogP contribution in [0.3, 0.4) is 0 Å². The summed E-state index contributed by atoms with van der Waals surface area (Å²) in [6, 6.07) is 1.16. The largest absolute Gasteiger partial charge is 0.414 e. The van der Waals surface area contributed by atoms with Crippen molar-refractivity contribution in [1.82, 2.24) is 9.55 Å². The van der Waals surface area contributed by atoms with Crippen molar-refractivity contribution in [2.24, 2.45) is 5.92 Å². The quantitative estimate of drug-likeness (QED) is 0.241. The third-order valence-corrected chi connectivity index (χ3v) is 18.7. The number of nitrogens with one attached hydrogen (secondary N) is 1. The molecule has 0 bridgehead atoms. The first kappa shape index (κ1) is 30.4. The van der Waals surface area contributed by atoms with Gasteiger partial charge in [-0.05, 0) is 69.0 Å². The fourth-order valence-corrected chi connectivity index (χ4v) is 13.4. The standard InChI is InChI=1S/C25H40FN2O6PS2Si/c1-15(2)16-9-11-25(6)18(13-16)33-35(36,37-25)34-21-17(14-31-38(7,8)24(3,4)5)32-22(20(21)26)28-12-10-19(29)27-23(28)30/h10,12,16-18,20-22H,1,9,11,13-14H2,2-8H3,(H,27,29,30)/t16-,17+,18+,20+,21+,22+,25+,35?/m0/s1.